The van der Waals surface area contributed by atoms with Gasteiger partial charge in [-0.3, -0.25) is 0 Å². The standard InChI is InChI=1S/C13H15NO/c1-10(6-7-14)15-13-8-11-4-2-3-5-12(11)9-13/h2-5,10,13H,6,8-9H2,1H3. The fourth-order valence-electron chi connectivity index (χ4n) is 2.12. The first-order valence-electron chi connectivity index (χ1n) is 5.39. The molecule has 15 heavy (non-hydrogen) atoms. The zero-order valence-electron chi connectivity index (χ0n) is 8.94. The van der Waals surface area contributed by atoms with Crippen molar-refractivity contribution in [1.29, 1.82) is 5.26 Å². The molecule has 0 bridgehead atoms. The molecule has 2 heteroatoms. The summed E-state index contributed by atoms with van der Waals surface area (Å²) in [7, 11) is 0. The highest BCUT2D eigenvalue weighted by molar-refractivity contribution is 5.32. The number of rotatable bonds is 3. The summed E-state index contributed by atoms with van der Waals surface area (Å²) in [6.45, 7) is 1.96. The molecule has 1 aliphatic rings. The van der Waals surface area contributed by atoms with Gasteiger partial charge in [0.2, 0.25) is 0 Å². The van der Waals surface area contributed by atoms with Gasteiger partial charge >= 0.3 is 0 Å². The van der Waals surface area contributed by atoms with E-state index in [1.165, 1.54) is 11.1 Å². The number of benzene rings is 1. The van der Waals surface area contributed by atoms with E-state index in [-0.39, 0.29) is 12.2 Å². The van der Waals surface area contributed by atoms with Gasteiger partial charge in [0.25, 0.3) is 0 Å². The molecular weight excluding hydrogens is 186 g/mol. The zero-order chi connectivity index (χ0) is 10.7. The summed E-state index contributed by atoms with van der Waals surface area (Å²) in [6.07, 6.45) is 2.78. The Balaban J connectivity index is 1.93. The first-order chi connectivity index (χ1) is 7.29. The van der Waals surface area contributed by atoms with Crippen LogP contribution in [0.1, 0.15) is 24.5 Å². The molecule has 0 spiro atoms. The lowest BCUT2D eigenvalue weighted by molar-refractivity contribution is 0.00696. The predicted molar refractivity (Wildman–Crippen MR) is 58.4 cm³/mol. The highest BCUT2D eigenvalue weighted by Crippen LogP contribution is 2.24. The third kappa shape index (κ3) is 2.37. The SMILES string of the molecule is CC(CC#N)OC1Cc2ccccc2C1. The van der Waals surface area contributed by atoms with E-state index in [4.69, 9.17) is 10.00 Å². The maximum Gasteiger partial charge on any atom is 0.0680 e. The van der Waals surface area contributed by atoms with Crippen molar-refractivity contribution >= 4 is 0 Å². The third-order valence-electron chi connectivity index (χ3n) is 2.82. The van der Waals surface area contributed by atoms with Crippen LogP contribution in [-0.2, 0) is 17.6 Å². The second kappa shape index (κ2) is 4.46. The van der Waals surface area contributed by atoms with Gasteiger partial charge in [0.15, 0.2) is 0 Å². The number of hydrogen-bond donors (Lipinski definition) is 0. The lowest BCUT2D eigenvalue weighted by atomic mass is 10.1. The van der Waals surface area contributed by atoms with Crippen LogP contribution in [0.15, 0.2) is 24.3 Å². The molecule has 0 saturated heterocycles. The second-order valence-electron chi connectivity index (χ2n) is 4.11. The molecule has 0 N–H and O–H groups in total. The quantitative estimate of drug-likeness (QED) is 0.752. The maximum atomic E-state index is 8.55. The van der Waals surface area contributed by atoms with Gasteiger partial charge in [-0.2, -0.15) is 5.26 Å². The lowest BCUT2D eigenvalue weighted by Crippen LogP contribution is -2.19. The molecule has 0 aliphatic heterocycles. The van der Waals surface area contributed by atoms with E-state index in [2.05, 4.69) is 30.3 Å². The van der Waals surface area contributed by atoms with Crippen LogP contribution < -0.4 is 0 Å². The fraction of sp³-hybridized carbons (Fsp3) is 0.462. The van der Waals surface area contributed by atoms with Crippen molar-refractivity contribution in [3.05, 3.63) is 35.4 Å². The van der Waals surface area contributed by atoms with Crippen LogP contribution in [0, 0.1) is 11.3 Å². The number of ether oxygens (including phenoxy) is 1. The van der Waals surface area contributed by atoms with Crippen LogP contribution in [0.3, 0.4) is 0 Å². The fourth-order valence-corrected chi connectivity index (χ4v) is 2.12. The monoisotopic (exact) mass is 201 g/mol. The molecule has 1 unspecified atom stereocenters. The number of nitriles is 1. The third-order valence-corrected chi connectivity index (χ3v) is 2.82. The minimum atomic E-state index is 0.0503. The Morgan fingerprint density at radius 2 is 2.00 bits per heavy atom. The van der Waals surface area contributed by atoms with Crippen molar-refractivity contribution in [3.8, 4) is 6.07 Å². The molecule has 0 fully saturated rings. The van der Waals surface area contributed by atoms with Crippen molar-refractivity contribution in [2.45, 2.75) is 38.4 Å². The van der Waals surface area contributed by atoms with Gasteiger partial charge in [0.1, 0.15) is 0 Å². The van der Waals surface area contributed by atoms with Gasteiger partial charge in [0.05, 0.1) is 24.7 Å². The summed E-state index contributed by atoms with van der Waals surface area (Å²) < 4.78 is 5.81. The summed E-state index contributed by atoms with van der Waals surface area (Å²) in [4.78, 5) is 0. The van der Waals surface area contributed by atoms with Gasteiger partial charge in [-0.05, 0) is 30.9 Å². The average molecular weight is 201 g/mol. The van der Waals surface area contributed by atoms with Gasteiger partial charge < -0.3 is 4.74 Å². The lowest BCUT2D eigenvalue weighted by Gasteiger charge is -2.15. The van der Waals surface area contributed by atoms with Gasteiger partial charge in [-0.25, -0.2) is 0 Å². The Kier molecular flexibility index (Phi) is 3.03. The largest absolute Gasteiger partial charge is 0.374 e. The Morgan fingerprint density at radius 3 is 2.53 bits per heavy atom. The minimum Gasteiger partial charge on any atom is -0.374 e. The molecule has 0 saturated carbocycles. The average Bonchev–Trinajstić information content (AvgIpc) is 2.59. The molecule has 2 nitrogen and oxygen atoms in total. The maximum absolute atomic E-state index is 8.55. The van der Waals surface area contributed by atoms with Crippen molar-refractivity contribution in [2.24, 2.45) is 0 Å². The predicted octanol–water partition coefficient (Wildman–Crippen LogP) is 2.47. The van der Waals surface area contributed by atoms with E-state index in [9.17, 15) is 0 Å². The van der Waals surface area contributed by atoms with E-state index >= 15 is 0 Å². The molecule has 0 aromatic heterocycles. The van der Waals surface area contributed by atoms with Crippen molar-refractivity contribution in [3.63, 3.8) is 0 Å². The normalized spacial score (nSPS) is 17.1. The van der Waals surface area contributed by atoms with Crippen LogP contribution in [0.25, 0.3) is 0 Å². The molecule has 1 aliphatic carbocycles. The van der Waals surface area contributed by atoms with Gasteiger partial charge in [0, 0.05) is 0 Å². The van der Waals surface area contributed by atoms with Crippen molar-refractivity contribution < 1.29 is 4.74 Å². The van der Waals surface area contributed by atoms with E-state index < -0.39 is 0 Å². The Bertz CT molecular complexity index is 355. The molecular formula is C13H15NO. The minimum absolute atomic E-state index is 0.0503. The summed E-state index contributed by atoms with van der Waals surface area (Å²) in [5, 5.41) is 8.55. The number of fused-ring (bicyclic) bond motifs is 1. The van der Waals surface area contributed by atoms with Crippen LogP contribution in [-0.4, -0.2) is 12.2 Å². The number of hydrogen-bond acceptors (Lipinski definition) is 2. The van der Waals surface area contributed by atoms with Gasteiger partial charge in [-0.1, -0.05) is 24.3 Å². The molecule has 1 atom stereocenters. The smallest absolute Gasteiger partial charge is 0.0680 e. The molecule has 0 heterocycles. The summed E-state index contributed by atoms with van der Waals surface area (Å²) in [5.74, 6) is 0. The Hall–Kier alpha value is -1.33. The molecule has 1 aromatic carbocycles. The highest BCUT2D eigenvalue weighted by Gasteiger charge is 2.22. The van der Waals surface area contributed by atoms with Crippen LogP contribution >= 0.6 is 0 Å². The topological polar surface area (TPSA) is 33.0 Å². The Morgan fingerprint density at radius 1 is 1.40 bits per heavy atom. The van der Waals surface area contributed by atoms with E-state index in [1.807, 2.05) is 6.92 Å². The second-order valence-corrected chi connectivity index (χ2v) is 4.11. The molecule has 78 valence electrons. The van der Waals surface area contributed by atoms with Crippen LogP contribution in [0.4, 0.5) is 0 Å². The molecule has 0 amide bonds. The van der Waals surface area contributed by atoms with E-state index in [1.54, 1.807) is 0 Å². The summed E-state index contributed by atoms with van der Waals surface area (Å²) >= 11 is 0. The number of nitrogens with zero attached hydrogens (tertiary/aromatic N) is 1. The molecule has 2 rings (SSSR count). The highest BCUT2D eigenvalue weighted by atomic mass is 16.5. The van der Waals surface area contributed by atoms with Crippen molar-refractivity contribution in [2.75, 3.05) is 0 Å². The molecule has 0 radical (unpaired) electrons. The van der Waals surface area contributed by atoms with Crippen LogP contribution in [0.2, 0.25) is 0 Å². The Labute approximate surface area is 90.5 Å². The van der Waals surface area contributed by atoms with E-state index in [0.29, 0.717) is 6.42 Å². The first kappa shape index (κ1) is 10.2. The van der Waals surface area contributed by atoms with Crippen LogP contribution in [0.5, 0.6) is 0 Å². The van der Waals surface area contributed by atoms with Gasteiger partial charge in [-0.15, -0.1) is 0 Å². The summed E-state index contributed by atoms with van der Waals surface area (Å²) in [6, 6.07) is 10.6. The van der Waals surface area contributed by atoms with Crippen molar-refractivity contribution in [1.82, 2.24) is 0 Å². The zero-order valence-corrected chi connectivity index (χ0v) is 8.94. The molecule has 1 aromatic rings. The summed E-state index contributed by atoms with van der Waals surface area (Å²) in [5.41, 5.74) is 2.79. The van der Waals surface area contributed by atoms with E-state index in [0.717, 1.165) is 12.8 Å². The first-order valence-corrected chi connectivity index (χ1v) is 5.39.